The lowest BCUT2D eigenvalue weighted by molar-refractivity contribution is 0.471. The standard InChI is InChI=1S/C15H18BrN3/c1-15(2,17)9-7-14-18-10-8-13(19-14)11-5-3-4-6-12(11)16/h3-6,8,10H,7,9,17H2,1-2H3. The maximum absolute atomic E-state index is 5.99. The number of hydrogen-bond acceptors (Lipinski definition) is 3. The molecule has 1 heterocycles. The Bertz CT molecular complexity index is 561. The van der Waals surface area contributed by atoms with Crippen molar-refractivity contribution in [3.8, 4) is 11.3 Å². The molecule has 19 heavy (non-hydrogen) atoms. The van der Waals surface area contributed by atoms with Gasteiger partial charge in [-0.25, -0.2) is 9.97 Å². The van der Waals surface area contributed by atoms with Crippen LogP contribution in [0.2, 0.25) is 0 Å². The molecule has 3 nitrogen and oxygen atoms in total. The molecule has 0 amide bonds. The topological polar surface area (TPSA) is 51.8 Å². The number of hydrogen-bond donors (Lipinski definition) is 1. The molecule has 0 saturated carbocycles. The Morgan fingerprint density at radius 1 is 1.21 bits per heavy atom. The Labute approximate surface area is 122 Å². The van der Waals surface area contributed by atoms with Crippen molar-refractivity contribution in [1.29, 1.82) is 0 Å². The predicted molar refractivity (Wildman–Crippen MR) is 81.8 cm³/mol. The van der Waals surface area contributed by atoms with E-state index in [0.29, 0.717) is 0 Å². The van der Waals surface area contributed by atoms with Crippen LogP contribution in [0.1, 0.15) is 26.1 Å². The molecule has 1 aromatic heterocycles. The molecule has 2 N–H and O–H groups in total. The highest BCUT2D eigenvalue weighted by atomic mass is 79.9. The third-order valence-corrected chi connectivity index (χ3v) is 3.54. The summed E-state index contributed by atoms with van der Waals surface area (Å²) < 4.78 is 1.04. The summed E-state index contributed by atoms with van der Waals surface area (Å²) in [5.74, 6) is 0.840. The number of aryl methyl sites for hydroxylation is 1. The normalized spacial score (nSPS) is 11.6. The minimum Gasteiger partial charge on any atom is -0.326 e. The zero-order chi connectivity index (χ0) is 13.9. The van der Waals surface area contributed by atoms with Crippen LogP contribution in [0.3, 0.4) is 0 Å². The summed E-state index contributed by atoms with van der Waals surface area (Å²) in [4.78, 5) is 8.93. The lowest BCUT2D eigenvalue weighted by atomic mass is 10.00. The minimum absolute atomic E-state index is 0.188. The van der Waals surface area contributed by atoms with Crippen molar-refractivity contribution < 1.29 is 0 Å². The van der Waals surface area contributed by atoms with E-state index in [4.69, 9.17) is 5.73 Å². The Kier molecular flexibility index (Phi) is 4.32. The van der Waals surface area contributed by atoms with Crippen molar-refractivity contribution >= 4 is 15.9 Å². The van der Waals surface area contributed by atoms with Crippen LogP contribution in [-0.4, -0.2) is 15.5 Å². The molecule has 2 aromatic rings. The van der Waals surface area contributed by atoms with Crippen molar-refractivity contribution in [2.45, 2.75) is 32.2 Å². The second-order valence-corrected chi connectivity index (χ2v) is 6.18. The Hall–Kier alpha value is -1.26. The summed E-state index contributed by atoms with van der Waals surface area (Å²) in [5.41, 5.74) is 7.82. The first-order chi connectivity index (χ1) is 8.96. The summed E-state index contributed by atoms with van der Waals surface area (Å²) in [7, 11) is 0. The van der Waals surface area contributed by atoms with Crippen molar-refractivity contribution in [1.82, 2.24) is 9.97 Å². The van der Waals surface area contributed by atoms with Crippen LogP contribution >= 0.6 is 15.9 Å². The molecular weight excluding hydrogens is 302 g/mol. The third kappa shape index (κ3) is 4.11. The van der Waals surface area contributed by atoms with Gasteiger partial charge in [0.2, 0.25) is 0 Å². The molecular formula is C15H18BrN3. The molecule has 0 saturated heterocycles. The molecule has 100 valence electrons. The van der Waals surface area contributed by atoms with E-state index < -0.39 is 0 Å². The third-order valence-electron chi connectivity index (χ3n) is 2.85. The first-order valence-corrected chi connectivity index (χ1v) is 7.11. The molecule has 0 spiro atoms. The molecule has 0 fully saturated rings. The molecule has 0 unspecified atom stereocenters. The summed E-state index contributed by atoms with van der Waals surface area (Å²) >= 11 is 3.55. The van der Waals surface area contributed by atoms with Crippen molar-refractivity contribution in [3.05, 3.63) is 46.8 Å². The number of nitrogens with zero attached hydrogens (tertiary/aromatic N) is 2. The van der Waals surface area contributed by atoms with E-state index in [1.54, 1.807) is 6.20 Å². The van der Waals surface area contributed by atoms with Gasteiger partial charge in [-0.15, -0.1) is 0 Å². The SMILES string of the molecule is CC(C)(N)CCc1nccc(-c2ccccc2Br)n1. The van der Waals surface area contributed by atoms with E-state index in [-0.39, 0.29) is 5.54 Å². The maximum Gasteiger partial charge on any atom is 0.129 e. The van der Waals surface area contributed by atoms with Gasteiger partial charge >= 0.3 is 0 Å². The van der Waals surface area contributed by atoms with Crippen molar-refractivity contribution in [2.75, 3.05) is 0 Å². The number of halogens is 1. The number of nitrogens with two attached hydrogens (primary N) is 1. The number of rotatable bonds is 4. The van der Waals surface area contributed by atoms with E-state index in [2.05, 4.69) is 25.9 Å². The average molecular weight is 320 g/mol. The van der Waals surface area contributed by atoms with Crippen LogP contribution in [0, 0.1) is 0 Å². The molecule has 0 atom stereocenters. The van der Waals surface area contributed by atoms with Crippen LogP contribution in [0.4, 0.5) is 0 Å². The smallest absolute Gasteiger partial charge is 0.129 e. The fraction of sp³-hybridized carbons (Fsp3) is 0.333. The Morgan fingerprint density at radius 3 is 2.63 bits per heavy atom. The van der Waals surface area contributed by atoms with E-state index in [9.17, 15) is 0 Å². The van der Waals surface area contributed by atoms with Crippen molar-refractivity contribution in [3.63, 3.8) is 0 Å². The van der Waals surface area contributed by atoms with Crippen LogP contribution in [0.25, 0.3) is 11.3 Å². The summed E-state index contributed by atoms with van der Waals surface area (Å²) in [6.45, 7) is 4.04. The lowest BCUT2D eigenvalue weighted by Gasteiger charge is -2.17. The van der Waals surface area contributed by atoms with E-state index in [0.717, 1.165) is 34.4 Å². The highest BCUT2D eigenvalue weighted by Crippen LogP contribution is 2.26. The highest BCUT2D eigenvalue weighted by Gasteiger charge is 2.12. The van der Waals surface area contributed by atoms with Crippen LogP contribution < -0.4 is 5.73 Å². The van der Waals surface area contributed by atoms with Gasteiger partial charge in [-0.3, -0.25) is 0 Å². The van der Waals surface area contributed by atoms with Crippen molar-refractivity contribution in [2.24, 2.45) is 5.73 Å². The molecule has 0 aliphatic heterocycles. The summed E-state index contributed by atoms with van der Waals surface area (Å²) in [5, 5.41) is 0. The molecule has 2 rings (SSSR count). The Balaban J connectivity index is 2.23. The fourth-order valence-corrected chi connectivity index (χ4v) is 2.26. The minimum atomic E-state index is -0.188. The number of benzene rings is 1. The van der Waals surface area contributed by atoms with Crippen LogP contribution in [-0.2, 0) is 6.42 Å². The monoisotopic (exact) mass is 319 g/mol. The van der Waals surface area contributed by atoms with Crippen LogP contribution in [0.5, 0.6) is 0 Å². The van der Waals surface area contributed by atoms with Gasteiger partial charge < -0.3 is 5.73 Å². The largest absolute Gasteiger partial charge is 0.326 e. The van der Waals surface area contributed by atoms with E-state index in [1.165, 1.54) is 0 Å². The molecule has 0 radical (unpaired) electrons. The summed E-state index contributed by atoms with van der Waals surface area (Å²) in [6.07, 6.45) is 3.47. The highest BCUT2D eigenvalue weighted by molar-refractivity contribution is 9.10. The van der Waals surface area contributed by atoms with Gasteiger partial charge in [0.25, 0.3) is 0 Å². The first-order valence-electron chi connectivity index (χ1n) is 6.31. The van der Waals surface area contributed by atoms with Gasteiger partial charge in [-0.1, -0.05) is 34.1 Å². The molecule has 0 aliphatic rings. The van der Waals surface area contributed by atoms with Gasteiger partial charge in [-0.2, -0.15) is 0 Å². The second kappa shape index (κ2) is 5.80. The second-order valence-electron chi connectivity index (χ2n) is 5.33. The lowest BCUT2D eigenvalue weighted by Crippen LogP contribution is -2.32. The van der Waals surface area contributed by atoms with E-state index in [1.807, 2.05) is 44.2 Å². The molecule has 4 heteroatoms. The molecule has 0 aliphatic carbocycles. The maximum atomic E-state index is 5.99. The van der Waals surface area contributed by atoms with Gasteiger partial charge in [0.1, 0.15) is 5.82 Å². The first kappa shape index (κ1) is 14.2. The van der Waals surface area contributed by atoms with Gasteiger partial charge in [0.15, 0.2) is 0 Å². The average Bonchev–Trinajstić information content (AvgIpc) is 2.36. The Morgan fingerprint density at radius 2 is 1.95 bits per heavy atom. The predicted octanol–water partition coefficient (Wildman–Crippen LogP) is 3.58. The molecule has 1 aromatic carbocycles. The molecule has 0 bridgehead atoms. The van der Waals surface area contributed by atoms with E-state index >= 15 is 0 Å². The van der Waals surface area contributed by atoms with Crippen LogP contribution in [0.15, 0.2) is 41.0 Å². The quantitative estimate of drug-likeness (QED) is 0.937. The van der Waals surface area contributed by atoms with Gasteiger partial charge in [-0.05, 0) is 32.4 Å². The van der Waals surface area contributed by atoms with Gasteiger partial charge in [0.05, 0.1) is 5.69 Å². The van der Waals surface area contributed by atoms with Gasteiger partial charge in [0, 0.05) is 28.2 Å². The zero-order valence-corrected chi connectivity index (χ0v) is 12.8. The number of aromatic nitrogens is 2. The fourth-order valence-electron chi connectivity index (χ4n) is 1.77. The zero-order valence-electron chi connectivity index (χ0n) is 11.2. The summed E-state index contributed by atoms with van der Waals surface area (Å²) in [6, 6.07) is 9.98.